The molecule has 0 atom stereocenters. The average molecular weight is 255 g/mol. The quantitative estimate of drug-likeness (QED) is 0.450. The van der Waals surface area contributed by atoms with Crippen molar-refractivity contribution in [2.75, 3.05) is 5.75 Å². The highest BCUT2D eigenvalue weighted by Crippen LogP contribution is 2.21. The molecule has 1 aromatic heterocycles. The van der Waals surface area contributed by atoms with Gasteiger partial charge in [0.05, 0.1) is 12.3 Å². The van der Waals surface area contributed by atoms with Gasteiger partial charge >= 0.3 is 5.91 Å². The number of nitrogen functional groups attached to an aromatic ring is 1. The first-order chi connectivity index (χ1) is 8.11. The van der Waals surface area contributed by atoms with Crippen molar-refractivity contribution in [3.63, 3.8) is 0 Å². The minimum absolute atomic E-state index is 0.0303. The minimum Gasteiger partial charge on any atom is -0.454 e. The first kappa shape index (κ1) is 11.7. The molecule has 0 saturated carbocycles. The van der Waals surface area contributed by atoms with Gasteiger partial charge in [-0.1, -0.05) is 11.8 Å². The molecular formula is C9H9N3O4S. The van der Waals surface area contributed by atoms with Gasteiger partial charge < -0.3 is 4.42 Å². The third-order valence-corrected chi connectivity index (χ3v) is 3.03. The summed E-state index contributed by atoms with van der Waals surface area (Å²) in [7, 11) is 0. The zero-order valence-electron chi connectivity index (χ0n) is 8.63. The van der Waals surface area contributed by atoms with Gasteiger partial charge in [-0.2, -0.15) is 0 Å². The van der Waals surface area contributed by atoms with Crippen molar-refractivity contribution in [1.82, 2.24) is 10.3 Å². The molecule has 0 bridgehead atoms. The molecule has 1 aliphatic rings. The van der Waals surface area contributed by atoms with Gasteiger partial charge in [-0.05, 0) is 12.1 Å². The number of nitrogens with zero attached hydrogens (tertiary/aromatic N) is 1. The van der Waals surface area contributed by atoms with Crippen LogP contribution in [0.2, 0.25) is 0 Å². The predicted molar refractivity (Wildman–Crippen MR) is 58.8 cm³/mol. The van der Waals surface area contributed by atoms with Crippen molar-refractivity contribution >= 4 is 28.8 Å². The van der Waals surface area contributed by atoms with Gasteiger partial charge in [0.25, 0.3) is 5.24 Å². The lowest BCUT2D eigenvalue weighted by molar-refractivity contribution is -0.125. The molecule has 3 N–H and O–H groups in total. The summed E-state index contributed by atoms with van der Waals surface area (Å²) in [5, 5.41) is -0.309. The molecule has 0 spiro atoms. The van der Waals surface area contributed by atoms with Crippen molar-refractivity contribution in [3.05, 3.63) is 23.7 Å². The number of carbonyl (C=O) groups is 3. The lowest BCUT2D eigenvalue weighted by atomic mass is 10.4. The number of amides is 3. The van der Waals surface area contributed by atoms with E-state index < -0.39 is 5.91 Å². The first-order valence-electron chi connectivity index (χ1n) is 4.68. The zero-order valence-corrected chi connectivity index (χ0v) is 9.45. The van der Waals surface area contributed by atoms with E-state index in [4.69, 9.17) is 10.3 Å². The van der Waals surface area contributed by atoms with E-state index in [-0.39, 0.29) is 29.2 Å². The number of carbonyl (C=O) groups excluding carboxylic acids is 3. The van der Waals surface area contributed by atoms with E-state index in [0.717, 1.165) is 16.7 Å². The zero-order chi connectivity index (χ0) is 12.4. The highest BCUT2D eigenvalue weighted by Gasteiger charge is 2.30. The molecular weight excluding hydrogens is 246 g/mol. The van der Waals surface area contributed by atoms with Gasteiger partial charge in [0.15, 0.2) is 5.76 Å². The predicted octanol–water partition coefficient (Wildman–Crippen LogP) is 0.0785. The van der Waals surface area contributed by atoms with Crippen LogP contribution >= 0.6 is 11.8 Å². The second kappa shape index (κ2) is 4.60. The summed E-state index contributed by atoms with van der Waals surface area (Å²) in [4.78, 5) is 34.8. The molecule has 2 heterocycles. The third kappa shape index (κ3) is 2.32. The smallest absolute Gasteiger partial charge is 0.300 e. The molecule has 90 valence electrons. The fourth-order valence-corrected chi connectivity index (χ4v) is 2.07. The van der Waals surface area contributed by atoms with Crippen LogP contribution in [0, 0.1) is 0 Å². The maximum absolute atomic E-state index is 11.3. The topological polar surface area (TPSA) is 106 Å². The normalized spacial score (nSPS) is 15.5. The second-order valence-electron chi connectivity index (χ2n) is 3.27. The standard InChI is InChI=1S/C9H9N3O4S/c10-11-8(14)6-2-1-5(16-6)3-12-7(13)4-17-9(12)15/h1-2H,3-4,10H2,(H,11,14). The molecule has 1 saturated heterocycles. The first-order valence-corrected chi connectivity index (χ1v) is 5.67. The number of nitrogens with one attached hydrogen (secondary N) is 1. The highest BCUT2D eigenvalue weighted by molar-refractivity contribution is 8.14. The summed E-state index contributed by atoms with van der Waals surface area (Å²) >= 11 is 0.947. The Morgan fingerprint density at radius 1 is 1.53 bits per heavy atom. The average Bonchev–Trinajstić information content (AvgIpc) is 2.90. The molecule has 0 unspecified atom stereocenters. The number of thioether (sulfide) groups is 1. The molecule has 1 aromatic rings. The summed E-state index contributed by atoms with van der Waals surface area (Å²) in [5.41, 5.74) is 1.92. The number of nitrogens with two attached hydrogens (primary N) is 1. The van der Waals surface area contributed by atoms with Crippen LogP contribution in [0.3, 0.4) is 0 Å². The fourth-order valence-electron chi connectivity index (χ4n) is 1.35. The van der Waals surface area contributed by atoms with E-state index in [1.54, 1.807) is 0 Å². The lowest BCUT2D eigenvalue weighted by Gasteiger charge is -2.09. The minimum atomic E-state index is -0.565. The Labute approximate surface area is 100 Å². The van der Waals surface area contributed by atoms with E-state index in [0.29, 0.717) is 5.76 Å². The van der Waals surface area contributed by atoms with Crippen molar-refractivity contribution in [1.29, 1.82) is 0 Å². The number of hydrogen-bond acceptors (Lipinski definition) is 6. The van der Waals surface area contributed by atoms with E-state index >= 15 is 0 Å². The monoisotopic (exact) mass is 255 g/mol. The van der Waals surface area contributed by atoms with Crippen LogP contribution in [0.15, 0.2) is 16.5 Å². The van der Waals surface area contributed by atoms with Crippen LogP contribution in [0.1, 0.15) is 16.3 Å². The Kier molecular flexibility index (Phi) is 3.16. The van der Waals surface area contributed by atoms with E-state index in [2.05, 4.69) is 0 Å². The summed E-state index contributed by atoms with van der Waals surface area (Å²) in [6.07, 6.45) is 0. The summed E-state index contributed by atoms with van der Waals surface area (Å²) in [6.45, 7) is 0.0303. The molecule has 0 aromatic carbocycles. The van der Waals surface area contributed by atoms with Gasteiger partial charge in [-0.25, -0.2) is 5.84 Å². The number of rotatable bonds is 3. The van der Waals surface area contributed by atoms with Gasteiger partial charge in [0.1, 0.15) is 5.76 Å². The Morgan fingerprint density at radius 3 is 2.88 bits per heavy atom. The molecule has 0 radical (unpaired) electrons. The maximum Gasteiger partial charge on any atom is 0.300 e. The summed E-state index contributed by atoms with van der Waals surface area (Å²) in [5.74, 6) is 4.65. The lowest BCUT2D eigenvalue weighted by Crippen LogP contribution is -2.29. The number of furan rings is 1. The van der Waals surface area contributed by atoms with Crippen LogP contribution in [-0.4, -0.2) is 27.7 Å². The fraction of sp³-hybridized carbons (Fsp3) is 0.222. The second-order valence-corrected chi connectivity index (χ2v) is 4.20. The molecule has 2 rings (SSSR count). The third-order valence-electron chi connectivity index (χ3n) is 2.17. The van der Waals surface area contributed by atoms with Gasteiger partial charge in [-0.15, -0.1) is 0 Å². The molecule has 7 nitrogen and oxygen atoms in total. The highest BCUT2D eigenvalue weighted by atomic mass is 32.2. The van der Waals surface area contributed by atoms with Crippen molar-refractivity contribution in [3.8, 4) is 0 Å². The van der Waals surface area contributed by atoms with Crippen LogP contribution < -0.4 is 11.3 Å². The van der Waals surface area contributed by atoms with E-state index in [9.17, 15) is 14.4 Å². The number of imide groups is 1. The van der Waals surface area contributed by atoms with Gasteiger partial charge in [0, 0.05) is 0 Å². The number of hydrogen-bond donors (Lipinski definition) is 2. The Bertz CT molecular complexity index is 468. The largest absolute Gasteiger partial charge is 0.454 e. The van der Waals surface area contributed by atoms with Crippen LogP contribution in [-0.2, 0) is 11.3 Å². The molecule has 1 fully saturated rings. The SMILES string of the molecule is NNC(=O)c1ccc(CN2C(=O)CSC2=O)o1. The van der Waals surface area contributed by atoms with E-state index in [1.165, 1.54) is 12.1 Å². The summed E-state index contributed by atoms with van der Waals surface area (Å²) < 4.78 is 5.15. The van der Waals surface area contributed by atoms with Gasteiger partial charge in [0.2, 0.25) is 5.91 Å². The Morgan fingerprint density at radius 2 is 2.29 bits per heavy atom. The maximum atomic E-state index is 11.3. The molecule has 17 heavy (non-hydrogen) atoms. The molecule has 3 amide bonds. The molecule has 8 heteroatoms. The van der Waals surface area contributed by atoms with E-state index in [1.807, 2.05) is 5.43 Å². The molecule has 0 aliphatic carbocycles. The Hall–Kier alpha value is -1.80. The molecule has 1 aliphatic heterocycles. The van der Waals surface area contributed by atoms with Crippen molar-refractivity contribution < 1.29 is 18.8 Å². The van der Waals surface area contributed by atoms with Crippen LogP contribution in [0.4, 0.5) is 4.79 Å². The van der Waals surface area contributed by atoms with Gasteiger partial charge in [-0.3, -0.25) is 24.7 Å². The van der Waals surface area contributed by atoms with Crippen molar-refractivity contribution in [2.45, 2.75) is 6.54 Å². The Balaban J connectivity index is 2.09. The van der Waals surface area contributed by atoms with Crippen LogP contribution in [0.25, 0.3) is 0 Å². The number of hydrazine groups is 1. The van der Waals surface area contributed by atoms with Crippen molar-refractivity contribution in [2.24, 2.45) is 5.84 Å². The summed E-state index contributed by atoms with van der Waals surface area (Å²) in [6, 6.07) is 2.95. The van der Waals surface area contributed by atoms with Crippen LogP contribution in [0.5, 0.6) is 0 Å².